The predicted octanol–water partition coefficient (Wildman–Crippen LogP) is 2.40. The second-order valence-electron chi connectivity index (χ2n) is 7.61. The zero-order valence-electron chi connectivity index (χ0n) is 17.1. The third-order valence-electron chi connectivity index (χ3n) is 5.42. The molecule has 0 spiro atoms. The average Bonchev–Trinajstić information content (AvgIpc) is 3.50. The van der Waals surface area contributed by atoms with Gasteiger partial charge in [-0.1, -0.05) is 17.3 Å². The number of nitrogens with zero attached hydrogens (tertiary/aromatic N) is 4. The first-order valence-corrected chi connectivity index (χ1v) is 10.3. The summed E-state index contributed by atoms with van der Waals surface area (Å²) in [6.45, 7) is 2.96. The minimum Gasteiger partial charge on any atom is -0.377 e. The van der Waals surface area contributed by atoms with Crippen molar-refractivity contribution in [3.63, 3.8) is 0 Å². The van der Waals surface area contributed by atoms with Crippen LogP contribution in [0, 0.1) is 0 Å². The van der Waals surface area contributed by atoms with Crippen molar-refractivity contribution in [3.05, 3.63) is 35.7 Å². The molecule has 0 unspecified atom stereocenters. The summed E-state index contributed by atoms with van der Waals surface area (Å²) in [5.74, 6) is -2.03. The van der Waals surface area contributed by atoms with E-state index in [1.54, 1.807) is 4.90 Å². The monoisotopic (exact) mass is 453 g/mol. The van der Waals surface area contributed by atoms with Gasteiger partial charge in [-0.05, 0) is 25.0 Å². The number of hydrogen-bond acceptors (Lipinski definition) is 6. The normalized spacial score (nSPS) is 19.3. The van der Waals surface area contributed by atoms with Crippen LogP contribution in [0.2, 0.25) is 0 Å². The smallest absolute Gasteiger partial charge is 0.377 e. The molecule has 3 heterocycles. The molecule has 2 aliphatic heterocycles. The number of morpholine rings is 1. The maximum atomic E-state index is 12.8. The zero-order valence-corrected chi connectivity index (χ0v) is 17.1. The van der Waals surface area contributed by atoms with E-state index in [2.05, 4.69) is 20.0 Å². The number of amides is 3. The number of halogens is 3. The molecule has 2 aromatic rings. The van der Waals surface area contributed by atoms with Crippen LogP contribution in [-0.2, 0) is 10.9 Å². The van der Waals surface area contributed by atoms with Gasteiger partial charge in [0.05, 0.1) is 19.3 Å². The summed E-state index contributed by atoms with van der Waals surface area (Å²) in [5, 5.41) is 6.12. The minimum atomic E-state index is -4.72. The molecule has 0 radical (unpaired) electrons. The standard InChI is InChI=1S/C20H22F3N5O4/c21-20(22,23)18-25-16(26-32-18)13-3-5-14(6-4-13)17(29)24-11-15-12-31-10-9-28(15)19(30)27-7-1-2-8-27/h3-6,15H,1-2,7-12H2,(H,24,29)/t15-/m0/s1. The summed E-state index contributed by atoms with van der Waals surface area (Å²) in [7, 11) is 0. The minimum absolute atomic E-state index is 0.0345. The fourth-order valence-electron chi connectivity index (χ4n) is 3.70. The van der Waals surface area contributed by atoms with Crippen LogP contribution in [0.5, 0.6) is 0 Å². The molecule has 9 nitrogen and oxygen atoms in total. The molecule has 0 aliphatic carbocycles. The summed E-state index contributed by atoms with van der Waals surface area (Å²) in [4.78, 5) is 32.2. The number of benzene rings is 1. The van der Waals surface area contributed by atoms with E-state index in [4.69, 9.17) is 4.74 Å². The number of alkyl halides is 3. The second kappa shape index (κ2) is 9.15. The van der Waals surface area contributed by atoms with Gasteiger partial charge in [0.25, 0.3) is 5.91 Å². The largest absolute Gasteiger partial charge is 0.471 e. The van der Waals surface area contributed by atoms with Gasteiger partial charge >= 0.3 is 18.1 Å². The molecule has 3 amide bonds. The molecule has 2 fully saturated rings. The first kappa shape index (κ1) is 22.1. The summed E-state index contributed by atoms with van der Waals surface area (Å²) < 4.78 is 47.5. The molecular weight excluding hydrogens is 431 g/mol. The van der Waals surface area contributed by atoms with E-state index in [-0.39, 0.29) is 35.9 Å². The lowest BCUT2D eigenvalue weighted by atomic mass is 10.1. The number of hydrogen-bond donors (Lipinski definition) is 1. The van der Waals surface area contributed by atoms with Gasteiger partial charge in [-0.15, -0.1) is 0 Å². The molecule has 1 aromatic carbocycles. The second-order valence-corrected chi connectivity index (χ2v) is 7.61. The van der Waals surface area contributed by atoms with Crippen molar-refractivity contribution < 1.29 is 32.0 Å². The summed E-state index contributed by atoms with van der Waals surface area (Å²) in [6, 6.07) is 5.48. The van der Waals surface area contributed by atoms with Gasteiger partial charge in [0.2, 0.25) is 5.82 Å². The van der Waals surface area contributed by atoms with E-state index in [1.807, 2.05) is 4.90 Å². The van der Waals surface area contributed by atoms with E-state index in [1.165, 1.54) is 24.3 Å². The third kappa shape index (κ3) is 4.85. The maximum Gasteiger partial charge on any atom is 0.471 e. The first-order chi connectivity index (χ1) is 15.3. The Morgan fingerprint density at radius 1 is 1.12 bits per heavy atom. The number of carbonyl (C=O) groups is 2. The maximum absolute atomic E-state index is 12.8. The molecule has 12 heteroatoms. The molecule has 32 heavy (non-hydrogen) atoms. The van der Waals surface area contributed by atoms with E-state index < -0.39 is 12.1 Å². The fourth-order valence-corrected chi connectivity index (χ4v) is 3.70. The number of ether oxygens (including phenoxy) is 1. The van der Waals surface area contributed by atoms with Crippen molar-refractivity contribution in [1.82, 2.24) is 25.3 Å². The van der Waals surface area contributed by atoms with E-state index >= 15 is 0 Å². The molecular formula is C20H22F3N5O4. The van der Waals surface area contributed by atoms with Crippen LogP contribution in [0.15, 0.2) is 28.8 Å². The molecule has 1 N–H and O–H groups in total. The van der Waals surface area contributed by atoms with Gasteiger partial charge < -0.3 is 24.4 Å². The highest BCUT2D eigenvalue weighted by Gasteiger charge is 2.38. The van der Waals surface area contributed by atoms with Gasteiger partial charge in [-0.2, -0.15) is 18.2 Å². The topological polar surface area (TPSA) is 101 Å². The van der Waals surface area contributed by atoms with Crippen LogP contribution in [0.4, 0.5) is 18.0 Å². The highest BCUT2D eigenvalue weighted by molar-refractivity contribution is 5.94. The van der Waals surface area contributed by atoms with Crippen LogP contribution < -0.4 is 5.32 Å². The molecule has 0 saturated carbocycles. The fraction of sp³-hybridized carbons (Fsp3) is 0.500. The van der Waals surface area contributed by atoms with Gasteiger partial charge in [0.1, 0.15) is 0 Å². The average molecular weight is 453 g/mol. The Morgan fingerprint density at radius 3 is 2.50 bits per heavy atom. The van der Waals surface area contributed by atoms with Crippen molar-refractivity contribution in [1.29, 1.82) is 0 Å². The zero-order chi connectivity index (χ0) is 22.7. The molecule has 172 valence electrons. The van der Waals surface area contributed by atoms with Crippen molar-refractivity contribution in [2.24, 2.45) is 0 Å². The first-order valence-electron chi connectivity index (χ1n) is 10.3. The lowest BCUT2D eigenvalue weighted by Gasteiger charge is -2.37. The Bertz CT molecular complexity index is 957. The van der Waals surface area contributed by atoms with Gasteiger partial charge in [0, 0.05) is 37.3 Å². The van der Waals surface area contributed by atoms with E-state index in [0.717, 1.165) is 25.9 Å². The van der Waals surface area contributed by atoms with Crippen LogP contribution in [0.25, 0.3) is 11.4 Å². The SMILES string of the molecule is O=C(NC[C@H]1COCCN1C(=O)N1CCCC1)c1ccc(-c2noc(C(F)(F)F)n2)cc1. The van der Waals surface area contributed by atoms with Crippen LogP contribution >= 0.6 is 0 Å². The van der Waals surface area contributed by atoms with Crippen molar-refractivity contribution in [2.45, 2.75) is 25.1 Å². The Labute approximate surface area is 181 Å². The number of nitrogens with one attached hydrogen (secondary N) is 1. The number of rotatable bonds is 4. The van der Waals surface area contributed by atoms with Crippen molar-refractivity contribution >= 4 is 11.9 Å². The summed E-state index contributed by atoms with van der Waals surface area (Å²) in [5.41, 5.74) is 0.589. The number of likely N-dealkylation sites (tertiary alicyclic amines) is 1. The Hall–Kier alpha value is -3.15. The Morgan fingerprint density at radius 2 is 1.84 bits per heavy atom. The summed E-state index contributed by atoms with van der Waals surface area (Å²) in [6.07, 6.45) is -2.73. The van der Waals surface area contributed by atoms with Crippen molar-refractivity contribution in [2.75, 3.05) is 39.4 Å². The number of carbonyl (C=O) groups excluding carboxylic acids is 2. The van der Waals surface area contributed by atoms with E-state index in [9.17, 15) is 22.8 Å². The molecule has 1 atom stereocenters. The lowest BCUT2D eigenvalue weighted by Crippen LogP contribution is -2.56. The Kier molecular flexibility index (Phi) is 6.31. The van der Waals surface area contributed by atoms with Crippen LogP contribution in [0.1, 0.15) is 29.1 Å². The molecule has 0 bridgehead atoms. The number of urea groups is 1. The van der Waals surface area contributed by atoms with Gasteiger partial charge in [0.15, 0.2) is 0 Å². The highest BCUT2D eigenvalue weighted by Crippen LogP contribution is 2.29. The number of aromatic nitrogens is 2. The lowest BCUT2D eigenvalue weighted by molar-refractivity contribution is -0.159. The van der Waals surface area contributed by atoms with Crippen molar-refractivity contribution in [3.8, 4) is 11.4 Å². The molecule has 2 aliphatic rings. The predicted molar refractivity (Wildman–Crippen MR) is 105 cm³/mol. The van der Waals surface area contributed by atoms with Gasteiger partial charge in [-0.25, -0.2) is 4.79 Å². The summed E-state index contributed by atoms with van der Waals surface area (Å²) >= 11 is 0. The van der Waals surface area contributed by atoms with Crippen LogP contribution in [-0.4, -0.2) is 77.3 Å². The quantitative estimate of drug-likeness (QED) is 0.763. The molecule has 4 rings (SSSR count). The molecule has 1 aromatic heterocycles. The van der Waals surface area contributed by atoms with Crippen LogP contribution in [0.3, 0.4) is 0 Å². The highest BCUT2D eigenvalue weighted by atomic mass is 19.4. The van der Waals surface area contributed by atoms with Gasteiger partial charge in [-0.3, -0.25) is 4.79 Å². The van der Waals surface area contributed by atoms with E-state index in [0.29, 0.717) is 25.3 Å². The Balaban J connectivity index is 1.36. The third-order valence-corrected chi connectivity index (χ3v) is 5.42. The molecule has 2 saturated heterocycles.